The maximum atomic E-state index is 11.6. The highest BCUT2D eigenvalue weighted by Crippen LogP contribution is 2.29. The Balaban J connectivity index is 2.14. The summed E-state index contributed by atoms with van der Waals surface area (Å²) in [5.41, 5.74) is -0.249. The van der Waals surface area contributed by atoms with Crippen LogP contribution in [-0.2, 0) is 4.79 Å². The molecule has 1 amide bonds. The first-order valence-corrected chi connectivity index (χ1v) is 6.68. The largest absolute Gasteiger partial charge is 0.356 e. The highest BCUT2D eigenvalue weighted by Gasteiger charge is 2.22. The molecular formula is C14H27NO. The van der Waals surface area contributed by atoms with Crippen LogP contribution >= 0.6 is 0 Å². The normalized spacial score (nSPS) is 26.5. The third-order valence-electron chi connectivity index (χ3n) is 3.65. The number of nitrogens with one attached hydrogen (secondary N) is 1. The summed E-state index contributed by atoms with van der Waals surface area (Å²) in [6, 6.07) is 0. The second-order valence-electron chi connectivity index (χ2n) is 6.42. The van der Waals surface area contributed by atoms with E-state index in [1.165, 1.54) is 25.7 Å². The number of carbonyl (C=O) groups is 1. The lowest BCUT2D eigenvalue weighted by molar-refractivity contribution is -0.128. The van der Waals surface area contributed by atoms with Crippen LogP contribution in [0.4, 0.5) is 0 Å². The summed E-state index contributed by atoms with van der Waals surface area (Å²) in [7, 11) is 0. The number of carbonyl (C=O) groups excluding carboxylic acids is 1. The van der Waals surface area contributed by atoms with E-state index in [4.69, 9.17) is 0 Å². The molecule has 0 aromatic rings. The molecule has 1 fully saturated rings. The van der Waals surface area contributed by atoms with Crippen LogP contribution in [0.3, 0.4) is 0 Å². The number of hydrogen-bond acceptors (Lipinski definition) is 1. The molecule has 0 aliphatic heterocycles. The molecule has 1 N–H and O–H groups in total. The predicted molar refractivity (Wildman–Crippen MR) is 68.2 cm³/mol. The first-order valence-electron chi connectivity index (χ1n) is 6.68. The van der Waals surface area contributed by atoms with Crippen LogP contribution in [0, 0.1) is 17.3 Å². The lowest BCUT2D eigenvalue weighted by atomic mass is 9.81. The van der Waals surface area contributed by atoms with E-state index in [0.29, 0.717) is 0 Å². The fraction of sp³-hybridized carbons (Fsp3) is 0.929. The maximum absolute atomic E-state index is 11.6. The van der Waals surface area contributed by atoms with E-state index in [1.807, 2.05) is 20.8 Å². The Kier molecular flexibility index (Phi) is 4.82. The smallest absolute Gasteiger partial charge is 0.225 e. The molecule has 1 aliphatic rings. The van der Waals surface area contributed by atoms with Crippen molar-refractivity contribution in [1.29, 1.82) is 0 Å². The molecule has 1 aliphatic carbocycles. The van der Waals surface area contributed by atoms with Crippen molar-refractivity contribution in [2.24, 2.45) is 17.3 Å². The molecule has 0 aromatic carbocycles. The van der Waals surface area contributed by atoms with Crippen molar-refractivity contribution in [2.45, 2.75) is 59.8 Å². The average molecular weight is 225 g/mol. The topological polar surface area (TPSA) is 29.1 Å². The summed E-state index contributed by atoms with van der Waals surface area (Å²) >= 11 is 0. The summed E-state index contributed by atoms with van der Waals surface area (Å²) in [6.07, 6.45) is 6.61. The van der Waals surface area contributed by atoms with E-state index >= 15 is 0 Å². The Morgan fingerprint density at radius 2 is 1.75 bits per heavy atom. The fourth-order valence-corrected chi connectivity index (χ4v) is 2.27. The van der Waals surface area contributed by atoms with Crippen LogP contribution in [-0.4, -0.2) is 12.5 Å². The Bertz CT molecular complexity index is 221. The van der Waals surface area contributed by atoms with Gasteiger partial charge in [-0.25, -0.2) is 0 Å². The molecule has 2 heteroatoms. The van der Waals surface area contributed by atoms with E-state index < -0.39 is 0 Å². The summed E-state index contributed by atoms with van der Waals surface area (Å²) < 4.78 is 0. The Morgan fingerprint density at radius 3 is 2.25 bits per heavy atom. The van der Waals surface area contributed by atoms with Crippen molar-refractivity contribution in [3.63, 3.8) is 0 Å². The van der Waals surface area contributed by atoms with E-state index in [9.17, 15) is 4.79 Å². The second kappa shape index (κ2) is 5.70. The van der Waals surface area contributed by atoms with Gasteiger partial charge in [0.2, 0.25) is 5.91 Å². The van der Waals surface area contributed by atoms with Crippen LogP contribution in [0.2, 0.25) is 0 Å². The van der Waals surface area contributed by atoms with Gasteiger partial charge in [-0.05, 0) is 18.3 Å². The second-order valence-corrected chi connectivity index (χ2v) is 6.42. The van der Waals surface area contributed by atoms with Gasteiger partial charge in [-0.1, -0.05) is 53.4 Å². The minimum Gasteiger partial charge on any atom is -0.356 e. The molecule has 1 saturated carbocycles. The van der Waals surface area contributed by atoms with E-state index in [0.717, 1.165) is 24.8 Å². The molecule has 0 aromatic heterocycles. The van der Waals surface area contributed by atoms with Gasteiger partial charge in [0.05, 0.1) is 0 Å². The minimum atomic E-state index is -0.249. The van der Waals surface area contributed by atoms with Crippen molar-refractivity contribution in [3.05, 3.63) is 0 Å². The van der Waals surface area contributed by atoms with Crippen LogP contribution in [0.15, 0.2) is 0 Å². The van der Waals surface area contributed by atoms with Crippen molar-refractivity contribution >= 4 is 5.91 Å². The number of amides is 1. The number of rotatable bonds is 3. The third kappa shape index (κ3) is 4.54. The maximum Gasteiger partial charge on any atom is 0.225 e. The predicted octanol–water partition coefficient (Wildman–Crippen LogP) is 3.37. The zero-order valence-electron chi connectivity index (χ0n) is 11.3. The molecule has 2 nitrogen and oxygen atoms in total. The van der Waals surface area contributed by atoms with Crippen LogP contribution in [0.1, 0.15) is 59.8 Å². The molecule has 0 radical (unpaired) electrons. The summed E-state index contributed by atoms with van der Waals surface area (Å²) in [5, 5.41) is 3.04. The van der Waals surface area contributed by atoms with Gasteiger partial charge >= 0.3 is 0 Å². The van der Waals surface area contributed by atoms with Gasteiger partial charge < -0.3 is 5.32 Å². The van der Waals surface area contributed by atoms with Crippen LogP contribution < -0.4 is 5.32 Å². The van der Waals surface area contributed by atoms with Gasteiger partial charge in [0, 0.05) is 12.0 Å². The van der Waals surface area contributed by atoms with Gasteiger partial charge in [0.15, 0.2) is 0 Å². The van der Waals surface area contributed by atoms with Gasteiger partial charge in [0.25, 0.3) is 0 Å². The standard InChI is InChI=1S/C14H27NO/c1-11-5-7-12(8-6-11)9-10-15-13(16)14(2,3)4/h11-12H,5-10H2,1-4H3,(H,15,16). The summed E-state index contributed by atoms with van der Waals surface area (Å²) in [4.78, 5) is 11.6. The Labute approximate surface area is 100 Å². The summed E-state index contributed by atoms with van der Waals surface area (Å²) in [5.74, 6) is 1.94. The van der Waals surface area contributed by atoms with Gasteiger partial charge in [-0.3, -0.25) is 4.79 Å². The SMILES string of the molecule is CC1CCC(CCNC(=O)C(C)(C)C)CC1. The first kappa shape index (κ1) is 13.5. The molecular weight excluding hydrogens is 198 g/mol. The Morgan fingerprint density at radius 1 is 1.19 bits per heavy atom. The first-order chi connectivity index (χ1) is 7.39. The Hall–Kier alpha value is -0.530. The highest BCUT2D eigenvalue weighted by molar-refractivity contribution is 5.81. The van der Waals surface area contributed by atoms with E-state index in [-0.39, 0.29) is 11.3 Å². The lowest BCUT2D eigenvalue weighted by Gasteiger charge is -2.26. The molecule has 0 saturated heterocycles. The van der Waals surface area contributed by atoms with Gasteiger partial charge in [0.1, 0.15) is 0 Å². The van der Waals surface area contributed by atoms with E-state index in [1.54, 1.807) is 0 Å². The highest BCUT2D eigenvalue weighted by atomic mass is 16.2. The number of hydrogen-bond donors (Lipinski definition) is 1. The van der Waals surface area contributed by atoms with Crippen LogP contribution in [0.5, 0.6) is 0 Å². The monoisotopic (exact) mass is 225 g/mol. The van der Waals surface area contributed by atoms with Crippen molar-refractivity contribution in [1.82, 2.24) is 5.32 Å². The van der Waals surface area contributed by atoms with Crippen LogP contribution in [0.25, 0.3) is 0 Å². The van der Waals surface area contributed by atoms with Gasteiger partial charge in [-0.2, -0.15) is 0 Å². The molecule has 1 rings (SSSR count). The molecule has 94 valence electrons. The molecule has 0 atom stereocenters. The van der Waals surface area contributed by atoms with Gasteiger partial charge in [-0.15, -0.1) is 0 Å². The molecule has 0 spiro atoms. The molecule has 0 unspecified atom stereocenters. The van der Waals surface area contributed by atoms with Crippen molar-refractivity contribution < 1.29 is 4.79 Å². The van der Waals surface area contributed by atoms with Crippen molar-refractivity contribution in [3.8, 4) is 0 Å². The average Bonchev–Trinajstić information content (AvgIpc) is 2.19. The molecule has 16 heavy (non-hydrogen) atoms. The lowest BCUT2D eigenvalue weighted by Crippen LogP contribution is -2.36. The third-order valence-corrected chi connectivity index (χ3v) is 3.65. The quantitative estimate of drug-likeness (QED) is 0.784. The molecule has 0 bridgehead atoms. The summed E-state index contributed by atoms with van der Waals surface area (Å²) in [6.45, 7) is 9.09. The van der Waals surface area contributed by atoms with E-state index in [2.05, 4.69) is 12.2 Å². The molecule has 0 heterocycles. The fourth-order valence-electron chi connectivity index (χ4n) is 2.27. The van der Waals surface area contributed by atoms with Crippen molar-refractivity contribution in [2.75, 3.05) is 6.54 Å². The zero-order valence-corrected chi connectivity index (χ0v) is 11.3. The zero-order chi connectivity index (χ0) is 12.2. The minimum absolute atomic E-state index is 0.177.